The van der Waals surface area contributed by atoms with Gasteiger partial charge in [-0.25, -0.2) is 13.8 Å². The van der Waals surface area contributed by atoms with E-state index >= 15 is 0 Å². The van der Waals surface area contributed by atoms with Crippen LogP contribution >= 0.6 is 0 Å². The number of rotatable bonds is 8. The zero-order chi connectivity index (χ0) is 22.9. The van der Waals surface area contributed by atoms with Crippen LogP contribution in [-0.2, 0) is 6.54 Å². The molecule has 0 aliphatic carbocycles. The fourth-order valence-corrected chi connectivity index (χ4v) is 3.67. The third-order valence-electron chi connectivity index (χ3n) is 5.27. The number of aliphatic imine (C=N–C) groups is 1. The Balaban J connectivity index is 1.61. The van der Waals surface area contributed by atoms with E-state index in [1.807, 2.05) is 36.9 Å². The molecule has 2 aromatic carbocycles. The molecule has 1 atom stereocenters. The highest BCUT2D eigenvalue weighted by Crippen LogP contribution is 2.24. The maximum atomic E-state index is 14.1. The Labute approximate surface area is 188 Å². The van der Waals surface area contributed by atoms with Gasteiger partial charge in [-0.15, -0.1) is 0 Å². The van der Waals surface area contributed by atoms with Gasteiger partial charge in [0.1, 0.15) is 11.6 Å². The van der Waals surface area contributed by atoms with Crippen molar-refractivity contribution in [1.82, 2.24) is 16.0 Å². The lowest BCUT2D eigenvalue weighted by Gasteiger charge is -2.21. The van der Waals surface area contributed by atoms with E-state index in [1.54, 1.807) is 6.07 Å². The molecule has 1 aliphatic heterocycles. The topological polar surface area (TPSA) is 68.8 Å². The van der Waals surface area contributed by atoms with Crippen LogP contribution < -0.4 is 20.9 Å². The molecule has 0 aromatic heterocycles. The van der Waals surface area contributed by atoms with Crippen LogP contribution in [0.4, 0.5) is 14.5 Å². The van der Waals surface area contributed by atoms with Crippen molar-refractivity contribution in [1.29, 1.82) is 0 Å². The lowest BCUT2D eigenvalue weighted by atomic mass is 10.1. The summed E-state index contributed by atoms with van der Waals surface area (Å²) in [7, 11) is 0. The lowest BCUT2D eigenvalue weighted by Crippen LogP contribution is -2.44. The van der Waals surface area contributed by atoms with Gasteiger partial charge in [0.05, 0.1) is 12.2 Å². The van der Waals surface area contributed by atoms with Gasteiger partial charge in [-0.05, 0) is 49.6 Å². The van der Waals surface area contributed by atoms with Crippen molar-refractivity contribution in [3.05, 3.63) is 65.2 Å². The Morgan fingerprint density at radius 2 is 2.00 bits per heavy atom. The fraction of sp³-hybridized carbons (Fsp3) is 0.417. The molecule has 0 spiro atoms. The molecular formula is C24H31F2N5O. The monoisotopic (exact) mass is 443 g/mol. The van der Waals surface area contributed by atoms with Crippen molar-refractivity contribution >= 4 is 17.6 Å². The molecule has 1 unspecified atom stereocenters. The number of anilines is 1. The number of amides is 1. The zero-order valence-corrected chi connectivity index (χ0v) is 18.6. The highest BCUT2D eigenvalue weighted by Gasteiger charge is 2.25. The predicted molar refractivity (Wildman–Crippen MR) is 124 cm³/mol. The number of nitrogens with zero attached hydrogens (tertiary/aromatic N) is 2. The van der Waals surface area contributed by atoms with Gasteiger partial charge in [0, 0.05) is 43.9 Å². The summed E-state index contributed by atoms with van der Waals surface area (Å²) in [5.74, 6) is -0.538. The van der Waals surface area contributed by atoms with Gasteiger partial charge >= 0.3 is 0 Å². The second-order valence-electron chi connectivity index (χ2n) is 7.82. The second kappa shape index (κ2) is 11.5. The van der Waals surface area contributed by atoms with Crippen molar-refractivity contribution in [2.75, 3.05) is 31.1 Å². The predicted octanol–water partition coefficient (Wildman–Crippen LogP) is 3.44. The first-order valence-electron chi connectivity index (χ1n) is 11.1. The van der Waals surface area contributed by atoms with Gasteiger partial charge in [0.15, 0.2) is 5.96 Å². The highest BCUT2D eigenvalue weighted by atomic mass is 19.1. The molecule has 1 saturated heterocycles. The summed E-state index contributed by atoms with van der Waals surface area (Å²) in [5.41, 5.74) is 1.97. The van der Waals surface area contributed by atoms with E-state index in [-0.39, 0.29) is 11.9 Å². The molecule has 1 aliphatic rings. The summed E-state index contributed by atoms with van der Waals surface area (Å²) in [5, 5.41) is 9.52. The van der Waals surface area contributed by atoms with Crippen molar-refractivity contribution in [2.24, 2.45) is 4.99 Å². The van der Waals surface area contributed by atoms with Crippen LogP contribution in [-0.4, -0.2) is 44.1 Å². The maximum Gasteiger partial charge on any atom is 0.251 e. The molecule has 1 fully saturated rings. The molecule has 0 bridgehead atoms. The average Bonchev–Trinajstić information content (AvgIpc) is 3.24. The second-order valence-corrected chi connectivity index (χ2v) is 7.82. The van der Waals surface area contributed by atoms with Gasteiger partial charge in [-0.3, -0.25) is 4.79 Å². The number of hydrogen-bond acceptors (Lipinski definition) is 3. The largest absolute Gasteiger partial charge is 0.367 e. The number of carbonyl (C=O) groups excluding carboxylic acids is 1. The van der Waals surface area contributed by atoms with Crippen molar-refractivity contribution in [3.63, 3.8) is 0 Å². The number of nitrogens with one attached hydrogen (secondary N) is 3. The third kappa shape index (κ3) is 6.42. The van der Waals surface area contributed by atoms with Crippen LogP contribution in [0.25, 0.3) is 0 Å². The minimum atomic E-state index is -0.575. The van der Waals surface area contributed by atoms with Gasteiger partial charge in [0.25, 0.3) is 5.91 Å². The molecule has 1 heterocycles. The number of halogens is 2. The zero-order valence-electron chi connectivity index (χ0n) is 18.6. The lowest BCUT2D eigenvalue weighted by molar-refractivity contribution is 0.0953. The quantitative estimate of drug-likeness (QED) is 0.432. The van der Waals surface area contributed by atoms with Crippen LogP contribution in [0, 0.1) is 11.6 Å². The minimum absolute atomic E-state index is 0.0817. The molecule has 3 rings (SSSR count). The van der Waals surface area contributed by atoms with Crippen LogP contribution in [0.3, 0.4) is 0 Å². The third-order valence-corrected chi connectivity index (χ3v) is 5.27. The Bertz CT molecular complexity index is 950. The maximum absolute atomic E-state index is 14.1. The van der Waals surface area contributed by atoms with Crippen molar-refractivity contribution in [3.8, 4) is 0 Å². The molecule has 0 radical (unpaired) electrons. The normalized spacial score (nSPS) is 16.2. The summed E-state index contributed by atoms with van der Waals surface area (Å²) in [6.07, 6.45) is 1.70. The van der Waals surface area contributed by atoms with Crippen LogP contribution in [0.1, 0.15) is 42.6 Å². The first-order chi connectivity index (χ1) is 15.5. The Morgan fingerprint density at radius 3 is 2.75 bits per heavy atom. The van der Waals surface area contributed by atoms with Gasteiger partial charge < -0.3 is 20.9 Å². The summed E-state index contributed by atoms with van der Waals surface area (Å²) in [6, 6.07) is 11.2. The first-order valence-corrected chi connectivity index (χ1v) is 11.1. The summed E-state index contributed by atoms with van der Waals surface area (Å²) in [4.78, 5) is 18.8. The summed E-state index contributed by atoms with van der Waals surface area (Å²) in [6.45, 7) is 7.05. The van der Waals surface area contributed by atoms with Crippen LogP contribution in [0.15, 0.2) is 47.5 Å². The highest BCUT2D eigenvalue weighted by molar-refractivity contribution is 5.94. The van der Waals surface area contributed by atoms with Gasteiger partial charge in [-0.2, -0.15) is 0 Å². The van der Waals surface area contributed by atoms with E-state index in [0.717, 1.165) is 24.5 Å². The summed E-state index contributed by atoms with van der Waals surface area (Å²) >= 11 is 0. The van der Waals surface area contributed by atoms with E-state index in [4.69, 9.17) is 0 Å². The van der Waals surface area contributed by atoms with Gasteiger partial charge in [-0.1, -0.05) is 19.1 Å². The van der Waals surface area contributed by atoms with E-state index < -0.39 is 11.6 Å². The molecule has 0 saturated carbocycles. The Kier molecular flexibility index (Phi) is 8.41. The number of guanidine groups is 1. The van der Waals surface area contributed by atoms with E-state index in [2.05, 4.69) is 20.9 Å². The Hall–Kier alpha value is -3.16. The molecule has 32 heavy (non-hydrogen) atoms. The average molecular weight is 444 g/mol. The van der Waals surface area contributed by atoms with Crippen molar-refractivity contribution < 1.29 is 13.6 Å². The van der Waals surface area contributed by atoms with E-state index in [0.29, 0.717) is 49.9 Å². The number of carbonyl (C=O) groups is 1. The van der Waals surface area contributed by atoms with Crippen molar-refractivity contribution in [2.45, 2.75) is 39.3 Å². The fourth-order valence-electron chi connectivity index (χ4n) is 3.67. The standard InChI is InChI=1S/C24H31F2N5O/c1-3-11-28-23(32)18-7-5-6-17(13-18)15-29-24(27-4-2)30-20-10-12-31(16-20)22-9-8-19(25)14-21(22)26/h5-9,13-14,20H,3-4,10-12,15-16H2,1-2H3,(H,28,32)(H2,27,29,30). The molecule has 3 N–H and O–H groups in total. The SMILES string of the molecule is CCCNC(=O)c1cccc(CN=C(NCC)NC2CCN(c3ccc(F)cc3F)C2)c1. The first kappa shape index (κ1) is 23.5. The van der Waals surface area contributed by atoms with E-state index in [1.165, 1.54) is 12.1 Å². The molecule has 2 aromatic rings. The number of hydrogen-bond donors (Lipinski definition) is 3. The number of benzene rings is 2. The molecule has 6 nitrogen and oxygen atoms in total. The summed E-state index contributed by atoms with van der Waals surface area (Å²) < 4.78 is 27.3. The molecule has 8 heteroatoms. The van der Waals surface area contributed by atoms with Crippen LogP contribution in [0.5, 0.6) is 0 Å². The van der Waals surface area contributed by atoms with Crippen LogP contribution in [0.2, 0.25) is 0 Å². The molecule has 172 valence electrons. The van der Waals surface area contributed by atoms with Gasteiger partial charge in [0.2, 0.25) is 0 Å². The smallest absolute Gasteiger partial charge is 0.251 e. The molecular weight excluding hydrogens is 412 g/mol. The minimum Gasteiger partial charge on any atom is -0.367 e. The van der Waals surface area contributed by atoms with E-state index in [9.17, 15) is 13.6 Å². The molecule has 1 amide bonds. The Morgan fingerprint density at radius 1 is 1.16 bits per heavy atom.